The van der Waals surface area contributed by atoms with Gasteiger partial charge in [0.2, 0.25) is 0 Å². The number of likely N-dealkylation sites (tertiary alicyclic amines) is 1. The van der Waals surface area contributed by atoms with Crippen LogP contribution in [0.15, 0.2) is 48.5 Å². The van der Waals surface area contributed by atoms with Gasteiger partial charge >= 0.3 is 11.9 Å². The maximum Gasteiger partial charge on any atom is 0.394 e. The number of carboxylic acid groups (broad SMARTS) is 1. The van der Waals surface area contributed by atoms with E-state index >= 15 is 0 Å². The number of hydrogen-bond acceptors (Lipinski definition) is 5. The summed E-state index contributed by atoms with van der Waals surface area (Å²) in [6, 6.07) is 15.7. The third-order valence-corrected chi connectivity index (χ3v) is 7.64. The molecule has 2 atom stereocenters. The lowest BCUT2D eigenvalue weighted by Crippen LogP contribution is -2.49. The maximum absolute atomic E-state index is 13.1. The minimum atomic E-state index is -1.41. The Balaban J connectivity index is 1.27. The summed E-state index contributed by atoms with van der Waals surface area (Å²) in [5.74, 6) is -1.28. The number of ether oxygens (including phenoxy) is 1. The van der Waals surface area contributed by atoms with Gasteiger partial charge < -0.3 is 24.5 Å². The molecule has 0 aromatic heterocycles. The molecule has 2 saturated heterocycles. The average Bonchev–Trinajstić information content (AvgIpc) is 2.91. The van der Waals surface area contributed by atoms with E-state index in [4.69, 9.17) is 9.84 Å². The first kappa shape index (κ1) is 27.5. The van der Waals surface area contributed by atoms with Crippen molar-refractivity contribution >= 4 is 23.5 Å². The van der Waals surface area contributed by atoms with E-state index in [9.17, 15) is 14.4 Å². The highest BCUT2D eigenvalue weighted by molar-refractivity contribution is 6.31. The lowest BCUT2D eigenvalue weighted by molar-refractivity contribution is -0.158. The molecule has 204 valence electrons. The maximum atomic E-state index is 13.1. The fraction of sp³-hybridized carbons (Fsp3) is 0.500. The highest BCUT2D eigenvalue weighted by Gasteiger charge is 2.32. The SMILES string of the molecule is CC1CC(COc2ccc(C(=O)N3CCN(c4ccccc4C(C)(C)C)CC3)cc2)CCN1C(=O)C(=O)O. The smallest absolute Gasteiger partial charge is 0.394 e. The molecular weight excluding hydrogens is 482 g/mol. The summed E-state index contributed by atoms with van der Waals surface area (Å²) < 4.78 is 5.97. The van der Waals surface area contributed by atoms with Crippen LogP contribution < -0.4 is 9.64 Å². The molecule has 2 aliphatic heterocycles. The molecule has 8 nitrogen and oxygen atoms in total. The number of aliphatic carboxylic acids is 1. The summed E-state index contributed by atoms with van der Waals surface area (Å²) in [5.41, 5.74) is 3.28. The zero-order valence-electron chi connectivity index (χ0n) is 22.9. The van der Waals surface area contributed by atoms with Crippen molar-refractivity contribution < 1.29 is 24.2 Å². The first-order valence-electron chi connectivity index (χ1n) is 13.4. The minimum Gasteiger partial charge on any atom is -0.493 e. The molecule has 38 heavy (non-hydrogen) atoms. The average molecular weight is 522 g/mol. The molecule has 0 spiro atoms. The van der Waals surface area contributed by atoms with Crippen LogP contribution in [0.3, 0.4) is 0 Å². The van der Waals surface area contributed by atoms with E-state index in [2.05, 4.69) is 49.9 Å². The van der Waals surface area contributed by atoms with Gasteiger partial charge in [-0.05, 0) is 67.0 Å². The van der Waals surface area contributed by atoms with Crippen molar-refractivity contribution in [3.05, 3.63) is 59.7 Å². The summed E-state index contributed by atoms with van der Waals surface area (Å²) in [4.78, 5) is 41.6. The number of benzene rings is 2. The number of carbonyl (C=O) groups is 3. The first-order chi connectivity index (χ1) is 18.0. The number of para-hydroxylation sites is 1. The molecule has 4 rings (SSSR count). The lowest BCUT2D eigenvalue weighted by atomic mass is 9.85. The molecular formula is C30H39N3O5. The van der Waals surface area contributed by atoms with Gasteiger partial charge in [0, 0.05) is 50.0 Å². The standard InChI is InChI=1S/C30H39N3O5/c1-21-19-22(13-14-33(21)28(35)29(36)37)20-38-24-11-9-23(10-12-24)27(34)32-17-15-31(16-18-32)26-8-6-5-7-25(26)30(2,3)4/h5-12,21-22H,13-20H2,1-4H3,(H,36,37). The Morgan fingerprint density at radius 3 is 2.21 bits per heavy atom. The Morgan fingerprint density at radius 2 is 1.61 bits per heavy atom. The van der Waals surface area contributed by atoms with Crippen LogP contribution in [0.2, 0.25) is 0 Å². The fourth-order valence-electron chi connectivity index (χ4n) is 5.47. The second kappa shape index (κ2) is 11.5. The summed E-state index contributed by atoms with van der Waals surface area (Å²) in [6.45, 7) is 12.4. The van der Waals surface area contributed by atoms with Gasteiger partial charge in [-0.1, -0.05) is 39.0 Å². The number of amides is 2. The Bertz CT molecular complexity index is 1150. The van der Waals surface area contributed by atoms with Gasteiger partial charge in [0.05, 0.1) is 6.61 Å². The zero-order chi connectivity index (χ0) is 27.4. The van der Waals surface area contributed by atoms with Crippen LogP contribution in [-0.4, -0.2) is 78.1 Å². The van der Waals surface area contributed by atoms with Crippen LogP contribution in [0.5, 0.6) is 5.75 Å². The van der Waals surface area contributed by atoms with Crippen molar-refractivity contribution in [1.82, 2.24) is 9.80 Å². The van der Waals surface area contributed by atoms with Crippen LogP contribution in [0, 0.1) is 5.92 Å². The predicted octanol–water partition coefficient (Wildman–Crippen LogP) is 4.04. The topological polar surface area (TPSA) is 90.4 Å². The minimum absolute atomic E-state index is 0.0320. The number of nitrogens with zero attached hydrogens (tertiary/aromatic N) is 3. The van der Waals surface area contributed by atoms with Gasteiger partial charge in [-0.15, -0.1) is 0 Å². The molecule has 2 aromatic rings. The Kier molecular flexibility index (Phi) is 8.29. The van der Waals surface area contributed by atoms with Crippen LogP contribution in [0.1, 0.15) is 56.5 Å². The fourth-order valence-corrected chi connectivity index (χ4v) is 5.47. The number of piperazine rings is 1. The van der Waals surface area contributed by atoms with Gasteiger partial charge in [-0.25, -0.2) is 4.79 Å². The van der Waals surface area contributed by atoms with Crippen LogP contribution in [0.4, 0.5) is 5.69 Å². The van der Waals surface area contributed by atoms with Gasteiger partial charge in [-0.2, -0.15) is 0 Å². The monoisotopic (exact) mass is 521 g/mol. The van der Waals surface area contributed by atoms with Gasteiger partial charge in [0.1, 0.15) is 5.75 Å². The number of carboxylic acids is 1. The molecule has 0 aliphatic carbocycles. The molecule has 0 radical (unpaired) electrons. The first-order valence-corrected chi connectivity index (χ1v) is 13.4. The van der Waals surface area contributed by atoms with E-state index < -0.39 is 11.9 Å². The molecule has 8 heteroatoms. The molecule has 1 N–H and O–H groups in total. The van der Waals surface area contributed by atoms with E-state index in [1.165, 1.54) is 16.2 Å². The number of hydrogen-bond donors (Lipinski definition) is 1. The predicted molar refractivity (Wildman–Crippen MR) is 147 cm³/mol. The summed E-state index contributed by atoms with van der Waals surface area (Å²) >= 11 is 0. The Hall–Kier alpha value is -3.55. The van der Waals surface area contributed by atoms with Crippen LogP contribution in [0.25, 0.3) is 0 Å². The molecule has 0 bridgehead atoms. The van der Waals surface area contributed by atoms with E-state index in [0.29, 0.717) is 50.4 Å². The molecule has 2 unspecified atom stereocenters. The summed E-state index contributed by atoms with van der Waals surface area (Å²) in [5, 5.41) is 8.96. The van der Waals surface area contributed by atoms with Gasteiger partial charge in [0.25, 0.3) is 5.91 Å². The van der Waals surface area contributed by atoms with Crippen molar-refractivity contribution in [2.24, 2.45) is 5.92 Å². The van der Waals surface area contributed by atoms with E-state index in [1.807, 2.05) is 36.1 Å². The Labute approximate surface area is 225 Å². The summed E-state index contributed by atoms with van der Waals surface area (Å²) in [7, 11) is 0. The highest BCUT2D eigenvalue weighted by Crippen LogP contribution is 2.32. The molecule has 2 aliphatic rings. The number of rotatable bonds is 5. The third kappa shape index (κ3) is 6.29. The molecule has 0 saturated carbocycles. The van der Waals surface area contributed by atoms with Crippen LogP contribution in [-0.2, 0) is 15.0 Å². The number of carbonyl (C=O) groups excluding carboxylic acids is 2. The molecule has 2 fully saturated rings. The second-order valence-corrected chi connectivity index (χ2v) is 11.4. The van der Waals surface area contributed by atoms with Gasteiger partial charge in [0.15, 0.2) is 0 Å². The van der Waals surface area contributed by atoms with Crippen molar-refractivity contribution in [2.75, 3.05) is 44.2 Å². The van der Waals surface area contributed by atoms with E-state index in [-0.39, 0.29) is 23.3 Å². The Morgan fingerprint density at radius 1 is 0.947 bits per heavy atom. The second-order valence-electron chi connectivity index (χ2n) is 11.4. The molecule has 2 heterocycles. The normalized spacial score (nSPS) is 20.3. The largest absolute Gasteiger partial charge is 0.493 e. The molecule has 2 aromatic carbocycles. The molecule has 2 amide bonds. The zero-order valence-corrected chi connectivity index (χ0v) is 22.9. The van der Waals surface area contributed by atoms with Gasteiger partial charge in [-0.3, -0.25) is 9.59 Å². The number of anilines is 1. The quantitative estimate of drug-likeness (QED) is 0.598. The van der Waals surface area contributed by atoms with Crippen molar-refractivity contribution in [1.29, 1.82) is 0 Å². The van der Waals surface area contributed by atoms with E-state index in [1.54, 1.807) is 0 Å². The van der Waals surface area contributed by atoms with Crippen LogP contribution >= 0.6 is 0 Å². The highest BCUT2D eigenvalue weighted by atomic mass is 16.5. The summed E-state index contributed by atoms with van der Waals surface area (Å²) in [6.07, 6.45) is 1.40. The van der Waals surface area contributed by atoms with Crippen molar-refractivity contribution in [2.45, 2.75) is 52.0 Å². The van der Waals surface area contributed by atoms with E-state index in [0.717, 1.165) is 13.1 Å². The number of piperidine rings is 1. The third-order valence-electron chi connectivity index (χ3n) is 7.64. The van der Waals surface area contributed by atoms with Crippen molar-refractivity contribution in [3.63, 3.8) is 0 Å². The lowest BCUT2D eigenvalue weighted by Gasteiger charge is -2.38. The van der Waals surface area contributed by atoms with Crippen molar-refractivity contribution in [3.8, 4) is 5.75 Å².